The van der Waals surface area contributed by atoms with Crippen LogP contribution in [0.1, 0.15) is 38.1 Å². The number of imidazole rings is 1. The molecule has 3 atom stereocenters. The van der Waals surface area contributed by atoms with Crippen LogP contribution in [0.5, 0.6) is 0 Å². The molecule has 1 aromatic rings. The van der Waals surface area contributed by atoms with E-state index in [1.54, 1.807) is 13.3 Å². The van der Waals surface area contributed by atoms with Crippen molar-refractivity contribution in [3.05, 3.63) is 18.2 Å². The average molecular weight is 309 g/mol. The Hall–Kier alpha value is -1.40. The smallest absolute Gasteiger partial charge is 0.225 e. The highest BCUT2D eigenvalue weighted by Gasteiger charge is 2.32. The minimum absolute atomic E-state index is 0.0380. The Morgan fingerprint density at radius 1 is 1.59 bits per heavy atom. The van der Waals surface area contributed by atoms with Crippen LogP contribution >= 0.6 is 0 Å². The summed E-state index contributed by atoms with van der Waals surface area (Å²) >= 11 is 0. The SMILES string of the molecule is COCCC(C)C(=O)N1CCCC(C(O)c2nccn2C)C1. The number of aryl methyl sites for hydroxylation is 1. The van der Waals surface area contributed by atoms with Gasteiger partial charge in [-0.25, -0.2) is 4.98 Å². The summed E-state index contributed by atoms with van der Waals surface area (Å²) in [7, 11) is 3.53. The van der Waals surface area contributed by atoms with Gasteiger partial charge in [-0.05, 0) is 19.3 Å². The van der Waals surface area contributed by atoms with Crippen molar-refractivity contribution in [1.29, 1.82) is 0 Å². The standard InChI is InChI=1S/C16H27N3O3/c1-12(6-10-22-3)16(21)19-8-4-5-13(11-19)14(20)15-17-7-9-18(15)2/h7,9,12-14,20H,4-6,8,10-11H2,1-3H3. The lowest BCUT2D eigenvalue weighted by atomic mass is 9.91. The monoisotopic (exact) mass is 309 g/mol. The predicted molar refractivity (Wildman–Crippen MR) is 83.1 cm³/mol. The normalized spacial score (nSPS) is 21.6. The average Bonchev–Trinajstić information content (AvgIpc) is 2.97. The van der Waals surface area contributed by atoms with Gasteiger partial charge >= 0.3 is 0 Å². The van der Waals surface area contributed by atoms with Crippen molar-refractivity contribution in [3.8, 4) is 0 Å². The van der Waals surface area contributed by atoms with Gasteiger partial charge in [0.1, 0.15) is 11.9 Å². The van der Waals surface area contributed by atoms with Gasteiger partial charge < -0.3 is 19.3 Å². The van der Waals surface area contributed by atoms with Crippen LogP contribution in [0.3, 0.4) is 0 Å². The number of hydrogen-bond donors (Lipinski definition) is 1. The van der Waals surface area contributed by atoms with Crippen molar-refractivity contribution >= 4 is 5.91 Å². The number of aliphatic hydroxyl groups is 1. The zero-order valence-corrected chi connectivity index (χ0v) is 13.7. The fraction of sp³-hybridized carbons (Fsp3) is 0.750. The van der Waals surface area contributed by atoms with Crippen molar-refractivity contribution in [3.63, 3.8) is 0 Å². The first-order chi connectivity index (χ1) is 10.5. The number of ether oxygens (including phenoxy) is 1. The van der Waals surface area contributed by atoms with Gasteiger partial charge in [0, 0.05) is 58.1 Å². The molecular weight excluding hydrogens is 282 g/mol. The van der Waals surface area contributed by atoms with Crippen molar-refractivity contribution in [2.45, 2.75) is 32.3 Å². The quantitative estimate of drug-likeness (QED) is 0.862. The van der Waals surface area contributed by atoms with E-state index in [1.165, 1.54) is 0 Å². The van der Waals surface area contributed by atoms with E-state index in [0.29, 0.717) is 19.0 Å². The summed E-state index contributed by atoms with van der Waals surface area (Å²) in [6.45, 7) is 3.92. The number of aliphatic hydroxyl groups excluding tert-OH is 1. The lowest BCUT2D eigenvalue weighted by molar-refractivity contribution is -0.138. The van der Waals surface area contributed by atoms with Crippen LogP contribution in [-0.4, -0.2) is 52.3 Å². The summed E-state index contributed by atoms with van der Waals surface area (Å²) in [4.78, 5) is 18.6. The molecule has 0 bridgehead atoms. The molecule has 1 aliphatic heterocycles. The molecule has 2 rings (SSSR count). The second-order valence-corrected chi connectivity index (χ2v) is 6.21. The van der Waals surface area contributed by atoms with Crippen LogP contribution in [0.4, 0.5) is 0 Å². The van der Waals surface area contributed by atoms with E-state index in [4.69, 9.17) is 4.74 Å². The molecule has 0 spiro atoms. The molecule has 1 amide bonds. The van der Waals surface area contributed by atoms with E-state index < -0.39 is 6.10 Å². The molecule has 6 heteroatoms. The van der Waals surface area contributed by atoms with E-state index in [-0.39, 0.29) is 17.7 Å². The molecule has 1 saturated heterocycles. The van der Waals surface area contributed by atoms with Gasteiger partial charge in [-0.1, -0.05) is 6.92 Å². The van der Waals surface area contributed by atoms with Gasteiger partial charge in [-0.15, -0.1) is 0 Å². The van der Waals surface area contributed by atoms with Crippen molar-refractivity contribution in [2.24, 2.45) is 18.9 Å². The summed E-state index contributed by atoms with van der Waals surface area (Å²) < 4.78 is 6.89. The number of nitrogens with zero attached hydrogens (tertiary/aromatic N) is 3. The van der Waals surface area contributed by atoms with Gasteiger partial charge in [0.25, 0.3) is 0 Å². The van der Waals surface area contributed by atoms with Gasteiger partial charge in [0.2, 0.25) is 5.91 Å². The molecule has 22 heavy (non-hydrogen) atoms. The van der Waals surface area contributed by atoms with Crippen LogP contribution < -0.4 is 0 Å². The van der Waals surface area contributed by atoms with Crippen molar-refractivity contribution < 1.29 is 14.6 Å². The van der Waals surface area contributed by atoms with E-state index >= 15 is 0 Å². The van der Waals surface area contributed by atoms with E-state index in [2.05, 4.69) is 4.98 Å². The molecule has 1 aromatic heterocycles. The maximum Gasteiger partial charge on any atom is 0.225 e. The molecule has 1 N–H and O–H groups in total. The highest BCUT2D eigenvalue weighted by molar-refractivity contribution is 5.78. The molecule has 124 valence electrons. The zero-order chi connectivity index (χ0) is 16.1. The molecule has 2 heterocycles. The lowest BCUT2D eigenvalue weighted by Crippen LogP contribution is -2.44. The van der Waals surface area contributed by atoms with Gasteiger partial charge in [-0.3, -0.25) is 4.79 Å². The third kappa shape index (κ3) is 3.87. The van der Waals surface area contributed by atoms with Gasteiger partial charge in [0.05, 0.1) is 0 Å². The van der Waals surface area contributed by atoms with Crippen LogP contribution in [-0.2, 0) is 16.6 Å². The molecule has 0 radical (unpaired) electrons. The predicted octanol–water partition coefficient (Wildman–Crippen LogP) is 1.36. The first-order valence-electron chi connectivity index (χ1n) is 7.97. The maximum atomic E-state index is 12.5. The number of aromatic nitrogens is 2. The molecule has 3 unspecified atom stereocenters. The minimum atomic E-state index is -0.620. The molecular formula is C16H27N3O3. The highest BCUT2D eigenvalue weighted by atomic mass is 16.5. The largest absolute Gasteiger partial charge is 0.385 e. The van der Waals surface area contributed by atoms with E-state index in [9.17, 15) is 9.90 Å². The molecule has 0 aliphatic carbocycles. The summed E-state index contributed by atoms with van der Waals surface area (Å²) in [6, 6.07) is 0. The number of amides is 1. The first kappa shape index (κ1) is 17.0. The number of hydrogen-bond acceptors (Lipinski definition) is 4. The minimum Gasteiger partial charge on any atom is -0.385 e. The number of methoxy groups -OCH3 is 1. The summed E-state index contributed by atoms with van der Waals surface area (Å²) in [5.41, 5.74) is 0. The van der Waals surface area contributed by atoms with Crippen molar-refractivity contribution in [2.75, 3.05) is 26.8 Å². The molecule has 6 nitrogen and oxygen atoms in total. The summed E-state index contributed by atoms with van der Waals surface area (Å²) in [5.74, 6) is 0.845. The van der Waals surface area contributed by atoms with E-state index in [1.807, 2.05) is 29.6 Å². The fourth-order valence-corrected chi connectivity index (χ4v) is 3.07. The Morgan fingerprint density at radius 3 is 3.00 bits per heavy atom. The first-order valence-corrected chi connectivity index (χ1v) is 7.97. The number of carbonyl (C=O) groups excluding carboxylic acids is 1. The lowest BCUT2D eigenvalue weighted by Gasteiger charge is -2.36. The van der Waals surface area contributed by atoms with Crippen LogP contribution in [0, 0.1) is 11.8 Å². The van der Waals surface area contributed by atoms with Crippen LogP contribution in [0.2, 0.25) is 0 Å². The molecule has 1 fully saturated rings. The number of rotatable bonds is 6. The summed E-state index contributed by atoms with van der Waals surface area (Å²) in [6.07, 6.45) is 5.48. The third-order valence-corrected chi connectivity index (χ3v) is 4.52. The maximum absolute atomic E-state index is 12.5. The number of carbonyl (C=O) groups is 1. The van der Waals surface area contributed by atoms with Crippen LogP contribution in [0.25, 0.3) is 0 Å². The molecule has 1 aliphatic rings. The van der Waals surface area contributed by atoms with Crippen molar-refractivity contribution in [1.82, 2.24) is 14.5 Å². The Morgan fingerprint density at radius 2 is 2.36 bits per heavy atom. The topological polar surface area (TPSA) is 67.6 Å². The Bertz CT molecular complexity index is 489. The molecule has 0 aromatic carbocycles. The Balaban J connectivity index is 1.96. The Kier molecular flexibility index (Phi) is 5.97. The van der Waals surface area contributed by atoms with Gasteiger partial charge in [-0.2, -0.15) is 0 Å². The second kappa shape index (κ2) is 7.74. The van der Waals surface area contributed by atoms with E-state index in [0.717, 1.165) is 25.8 Å². The highest BCUT2D eigenvalue weighted by Crippen LogP contribution is 2.29. The number of likely N-dealkylation sites (tertiary alicyclic amines) is 1. The third-order valence-electron chi connectivity index (χ3n) is 4.52. The van der Waals surface area contributed by atoms with Gasteiger partial charge in [0.15, 0.2) is 0 Å². The Labute approximate surface area is 132 Å². The summed E-state index contributed by atoms with van der Waals surface area (Å²) in [5, 5.41) is 10.6. The molecule has 0 saturated carbocycles. The fourth-order valence-electron chi connectivity index (χ4n) is 3.07. The second-order valence-electron chi connectivity index (χ2n) is 6.21. The van der Waals surface area contributed by atoms with Crippen LogP contribution in [0.15, 0.2) is 12.4 Å². The number of piperidine rings is 1. The zero-order valence-electron chi connectivity index (χ0n) is 13.7.